The van der Waals surface area contributed by atoms with Gasteiger partial charge in [-0.3, -0.25) is 4.79 Å². The number of benzene rings is 3. The van der Waals surface area contributed by atoms with Gasteiger partial charge >= 0.3 is 0 Å². The van der Waals surface area contributed by atoms with Crippen LogP contribution in [-0.2, 0) is 4.79 Å². The summed E-state index contributed by atoms with van der Waals surface area (Å²) < 4.78 is 5.82. The predicted octanol–water partition coefficient (Wildman–Crippen LogP) is 4.98. The number of hydrogen-bond donors (Lipinski definition) is 1. The van der Waals surface area contributed by atoms with Gasteiger partial charge in [0.25, 0.3) is 5.91 Å². The number of carbonyl (C=O) groups excluding carboxylic acids is 1. The molecule has 3 nitrogen and oxygen atoms in total. The van der Waals surface area contributed by atoms with Crippen LogP contribution in [0.2, 0.25) is 0 Å². The first-order valence-corrected chi connectivity index (χ1v) is 9.19. The molecule has 0 aliphatic rings. The summed E-state index contributed by atoms with van der Waals surface area (Å²) in [4.78, 5) is 12.8. The Morgan fingerprint density at radius 3 is 2.15 bits per heavy atom. The molecule has 0 aromatic heterocycles. The van der Waals surface area contributed by atoms with E-state index in [0.717, 1.165) is 22.3 Å². The molecule has 0 spiro atoms. The molecule has 3 rings (SSSR count). The SMILES string of the molecule is Cc1ccc(O[C@@H](C)C(=O)N[C@@H](c2ccccc2)c2ccccc2C)cc1. The highest BCUT2D eigenvalue weighted by Crippen LogP contribution is 2.25. The first-order chi connectivity index (χ1) is 13.0. The van der Waals surface area contributed by atoms with Gasteiger partial charge in [0.2, 0.25) is 0 Å². The lowest BCUT2D eigenvalue weighted by atomic mass is 9.95. The van der Waals surface area contributed by atoms with Crippen LogP contribution in [0.25, 0.3) is 0 Å². The molecule has 138 valence electrons. The van der Waals surface area contributed by atoms with Crippen LogP contribution in [0.4, 0.5) is 0 Å². The monoisotopic (exact) mass is 359 g/mol. The van der Waals surface area contributed by atoms with Gasteiger partial charge in [0.1, 0.15) is 5.75 Å². The molecule has 0 aliphatic carbocycles. The zero-order valence-electron chi connectivity index (χ0n) is 16.0. The maximum atomic E-state index is 12.8. The summed E-state index contributed by atoms with van der Waals surface area (Å²) in [7, 11) is 0. The minimum Gasteiger partial charge on any atom is -0.481 e. The Hall–Kier alpha value is -3.07. The van der Waals surface area contributed by atoms with E-state index in [0.29, 0.717) is 5.75 Å². The molecule has 3 heteroatoms. The van der Waals surface area contributed by atoms with E-state index in [2.05, 4.69) is 24.4 Å². The fraction of sp³-hybridized carbons (Fsp3) is 0.208. The van der Waals surface area contributed by atoms with Gasteiger partial charge in [0, 0.05) is 0 Å². The van der Waals surface area contributed by atoms with Crippen molar-refractivity contribution in [2.45, 2.75) is 32.9 Å². The number of hydrogen-bond acceptors (Lipinski definition) is 2. The summed E-state index contributed by atoms with van der Waals surface area (Å²) in [5, 5.41) is 3.16. The van der Waals surface area contributed by atoms with Crippen molar-refractivity contribution < 1.29 is 9.53 Å². The average Bonchev–Trinajstić information content (AvgIpc) is 2.69. The van der Waals surface area contributed by atoms with Crippen molar-refractivity contribution in [3.8, 4) is 5.75 Å². The maximum Gasteiger partial charge on any atom is 0.261 e. The van der Waals surface area contributed by atoms with Crippen molar-refractivity contribution in [2.75, 3.05) is 0 Å². The molecule has 3 aromatic carbocycles. The molecule has 0 fully saturated rings. The molecule has 0 radical (unpaired) electrons. The highest BCUT2D eigenvalue weighted by molar-refractivity contribution is 5.81. The molecule has 0 saturated heterocycles. The highest BCUT2D eigenvalue weighted by atomic mass is 16.5. The summed E-state index contributed by atoms with van der Waals surface area (Å²) in [6.45, 7) is 5.85. The third-order valence-electron chi connectivity index (χ3n) is 4.62. The summed E-state index contributed by atoms with van der Waals surface area (Å²) in [6.07, 6.45) is -0.595. The summed E-state index contributed by atoms with van der Waals surface area (Å²) >= 11 is 0. The van der Waals surface area contributed by atoms with Gasteiger partial charge in [0.15, 0.2) is 6.10 Å². The van der Waals surface area contributed by atoms with Gasteiger partial charge in [-0.2, -0.15) is 0 Å². The molecule has 0 aliphatic heterocycles. The Bertz CT molecular complexity index is 888. The Balaban J connectivity index is 1.80. The lowest BCUT2D eigenvalue weighted by Gasteiger charge is -2.24. The van der Waals surface area contributed by atoms with Crippen LogP contribution in [0, 0.1) is 13.8 Å². The molecule has 2 atom stereocenters. The largest absolute Gasteiger partial charge is 0.481 e. The van der Waals surface area contributed by atoms with Crippen LogP contribution >= 0.6 is 0 Å². The van der Waals surface area contributed by atoms with Crippen molar-refractivity contribution >= 4 is 5.91 Å². The van der Waals surface area contributed by atoms with Crippen molar-refractivity contribution in [3.05, 3.63) is 101 Å². The topological polar surface area (TPSA) is 38.3 Å². The second-order valence-corrected chi connectivity index (χ2v) is 6.78. The first-order valence-electron chi connectivity index (χ1n) is 9.19. The third kappa shape index (κ3) is 4.76. The normalized spacial score (nSPS) is 12.9. The maximum absolute atomic E-state index is 12.8. The molecule has 0 heterocycles. The van der Waals surface area contributed by atoms with Crippen molar-refractivity contribution in [1.29, 1.82) is 0 Å². The fourth-order valence-corrected chi connectivity index (χ4v) is 3.03. The molecule has 27 heavy (non-hydrogen) atoms. The number of rotatable bonds is 6. The van der Waals surface area contributed by atoms with E-state index in [9.17, 15) is 4.79 Å². The Labute approximate surface area is 161 Å². The number of carbonyl (C=O) groups is 1. The fourth-order valence-electron chi connectivity index (χ4n) is 3.03. The van der Waals surface area contributed by atoms with Gasteiger partial charge in [0.05, 0.1) is 6.04 Å². The molecule has 3 aromatic rings. The molecule has 0 unspecified atom stereocenters. The Morgan fingerprint density at radius 1 is 0.852 bits per heavy atom. The van der Waals surface area contributed by atoms with Crippen LogP contribution < -0.4 is 10.1 Å². The first kappa shape index (κ1) is 18.7. The molecular formula is C24H25NO2. The minimum absolute atomic E-state index is 0.146. The number of amides is 1. The average molecular weight is 359 g/mol. The molecule has 1 N–H and O–H groups in total. The standard InChI is InChI=1S/C24H25NO2/c1-17-13-15-21(16-14-17)27-19(3)24(26)25-23(20-10-5-4-6-11-20)22-12-8-7-9-18(22)2/h4-16,19,23H,1-3H3,(H,25,26)/t19-,23-/m0/s1. The van der Waals surface area contributed by atoms with Crippen LogP contribution in [0.3, 0.4) is 0 Å². The summed E-state index contributed by atoms with van der Waals surface area (Å²) in [5.41, 5.74) is 4.42. The van der Waals surface area contributed by atoms with Gasteiger partial charge in [-0.25, -0.2) is 0 Å². The quantitative estimate of drug-likeness (QED) is 0.674. The number of aryl methyl sites for hydroxylation is 2. The number of nitrogens with one attached hydrogen (secondary N) is 1. The van der Waals surface area contributed by atoms with Crippen LogP contribution in [-0.4, -0.2) is 12.0 Å². The highest BCUT2D eigenvalue weighted by Gasteiger charge is 2.22. The van der Waals surface area contributed by atoms with Crippen LogP contribution in [0.1, 0.15) is 35.2 Å². The smallest absolute Gasteiger partial charge is 0.261 e. The number of ether oxygens (including phenoxy) is 1. The second kappa shape index (κ2) is 8.54. The van der Waals surface area contributed by atoms with Crippen molar-refractivity contribution in [3.63, 3.8) is 0 Å². The van der Waals surface area contributed by atoms with E-state index in [1.807, 2.05) is 73.7 Å². The molecule has 0 saturated carbocycles. The van der Waals surface area contributed by atoms with E-state index in [1.165, 1.54) is 0 Å². The van der Waals surface area contributed by atoms with Gasteiger partial charge in [-0.05, 0) is 49.6 Å². The summed E-state index contributed by atoms with van der Waals surface area (Å²) in [5.74, 6) is 0.545. The van der Waals surface area contributed by atoms with E-state index >= 15 is 0 Å². The van der Waals surface area contributed by atoms with Crippen molar-refractivity contribution in [1.82, 2.24) is 5.32 Å². The van der Waals surface area contributed by atoms with Gasteiger partial charge < -0.3 is 10.1 Å². The second-order valence-electron chi connectivity index (χ2n) is 6.78. The Morgan fingerprint density at radius 2 is 1.48 bits per heavy atom. The van der Waals surface area contributed by atoms with Crippen LogP contribution in [0.15, 0.2) is 78.9 Å². The minimum atomic E-state index is -0.595. The third-order valence-corrected chi connectivity index (χ3v) is 4.62. The van der Waals surface area contributed by atoms with Crippen LogP contribution in [0.5, 0.6) is 5.75 Å². The van der Waals surface area contributed by atoms with E-state index in [-0.39, 0.29) is 11.9 Å². The molecular weight excluding hydrogens is 334 g/mol. The Kier molecular flexibility index (Phi) is 5.92. The van der Waals surface area contributed by atoms with E-state index in [1.54, 1.807) is 6.92 Å². The molecule has 1 amide bonds. The lowest BCUT2D eigenvalue weighted by molar-refractivity contribution is -0.127. The zero-order valence-corrected chi connectivity index (χ0v) is 16.0. The van der Waals surface area contributed by atoms with E-state index < -0.39 is 6.10 Å². The lowest BCUT2D eigenvalue weighted by Crippen LogP contribution is -2.39. The van der Waals surface area contributed by atoms with Gasteiger partial charge in [-0.15, -0.1) is 0 Å². The van der Waals surface area contributed by atoms with Crippen molar-refractivity contribution in [2.24, 2.45) is 0 Å². The summed E-state index contributed by atoms with van der Waals surface area (Å²) in [6, 6.07) is 25.6. The van der Waals surface area contributed by atoms with E-state index in [4.69, 9.17) is 4.74 Å². The van der Waals surface area contributed by atoms with Gasteiger partial charge in [-0.1, -0.05) is 72.3 Å². The molecule has 0 bridgehead atoms. The predicted molar refractivity (Wildman–Crippen MR) is 109 cm³/mol. The zero-order chi connectivity index (χ0) is 19.2.